The van der Waals surface area contributed by atoms with Gasteiger partial charge in [-0.25, -0.2) is 5.01 Å². The summed E-state index contributed by atoms with van der Waals surface area (Å²) in [6, 6.07) is 12.2. The van der Waals surface area contributed by atoms with Crippen LogP contribution in [0.1, 0.15) is 42.5 Å². The Morgan fingerprint density at radius 2 is 2.04 bits per heavy atom. The van der Waals surface area contributed by atoms with Gasteiger partial charge >= 0.3 is 0 Å². The van der Waals surface area contributed by atoms with Crippen LogP contribution in [0.4, 0.5) is 5.69 Å². The van der Waals surface area contributed by atoms with Crippen LogP contribution in [-0.4, -0.2) is 28.7 Å². The standard InChI is InChI=1S/C21H21N3O4/c1-3-19(25)23-21(14-4-8-15(9-5-14)24(26)27)17-11-7-13-6-10-16(28-2)12-18(13)20(17)22-23/h4-6,8-10,12,17,21H,3,7,11H2,1-2H3/t17-,21-/m0/s1. The van der Waals surface area contributed by atoms with Crippen molar-refractivity contribution >= 4 is 17.3 Å². The molecule has 0 fully saturated rings. The van der Waals surface area contributed by atoms with Crippen LogP contribution in [0.2, 0.25) is 0 Å². The van der Waals surface area contributed by atoms with Crippen molar-refractivity contribution in [3.8, 4) is 5.75 Å². The summed E-state index contributed by atoms with van der Waals surface area (Å²) in [7, 11) is 1.63. The van der Waals surface area contributed by atoms with Crippen molar-refractivity contribution in [1.29, 1.82) is 0 Å². The molecule has 2 aromatic carbocycles. The molecule has 144 valence electrons. The van der Waals surface area contributed by atoms with Crippen molar-refractivity contribution < 1.29 is 14.5 Å². The number of hydrazone groups is 1. The van der Waals surface area contributed by atoms with E-state index < -0.39 is 4.92 Å². The molecule has 1 aliphatic heterocycles. The van der Waals surface area contributed by atoms with Gasteiger partial charge in [-0.3, -0.25) is 14.9 Å². The van der Waals surface area contributed by atoms with Crippen LogP contribution in [0.15, 0.2) is 47.6 Å². The van der Waals surface area contributed by atoms with Crippen LogP contribution in [-0.2, 0) is 11.2 Å². The highest BCUT2D eigenvalue weighted by atomic mass is 16.6. The van der Waals surface area contributed by atoms with Crippen LogP contribution < -0.4 is 4.74 Å². The Labute approximate surface area is 162 Å². The van der Waals surface area contributed by atoms with Crippen molar-refractivity contribution in [1.82, 2.24) is 5.01 Å². The second-order valence-electron chi connectivity index (χ2n) is 7.04. The monoisotopic (exact) mass is 379 g/mol. The van der Waals surface area contributed by atoms with Gasteiger partial charge in [-0.1, -0.05) is 25.1 Å². The number of carbonyl (C=O) groups is 1. The lowest BCUT2D eigenvalue weighted by molar-refractivity contribution is -0.384. The molecule has 0 unspecified atom stereocenters. The lowest BCUT2D eigenvalue weighted by Gasteiger charge is -2.29. The van der Waals surface area contributed by atoms with E-state index in [1.165, 1.54) is 17.7 Å². The second-order valence-corrected chi connectivity index (χ2v) is 7.04. The first kappa shape index (κ1) is 18.2. The lowest BCUT2D eigenvalue weighted by Crippen LogP contribution is -2.31. The Morgan fingerprint density at radius 3 is 2.68 bits per heavy atom. The molecular formula is C21H21N3O4. The van der Waals surface area contributed by atoms with E-state index in [2.05, 4.69) is 6.07 Å². The number of fused-ring (bicyclic) bond motifs is 3. The Bertz CT molecular complexity index is 968. The third-order valence-corrected chi connectivity index (χ3v) is 5.53. The number of ether oxygens (including phenoxy) is 1. The number of nitro groups is 1. The molecule has 1 heterocycles. The van der Waals surface area contributed by atoms with Crippen LogP contribution in [0.3, 0.4) is 0 Å². The van der Waals surface area contributed by atoms with E-state index in [-0.39, 0.29) is 23.6 Å². The number of aryl methyl sites for hydroxylation is 1. The third kappa shape index (κ3) is 2.93. The number of hydrogen-bond acceptors (Lipinski definition) is 5. The highest BCUT2D eigenvalue weighted by molar-refractivity contribution is 6.07. The molecule has 1 aliphatic carbocycles. The molecule has 0 saturated carbocycles. The minimum atomic E-state index is -0.418. The van der Waals surface area contributed by atoms with E-state index in [1.807, 2.05) is 19.1 Å². The van der Waals surface area contributed by atoms with Gasteiger partial charge in [0.2, 0.25) is 5.91 Å². The molecule has 7 heteroatoms. The highest BCUT2D eigenvalue weighted by Crippen LogP contribution is 2.44. The zero-order valence-electron chi connectivity index (χ0n) is 15.8. The maximum absolute atomic E-state index is 12.6. The predicted octanol–water partition coefficient (Wildman–Crippen LogP) is 3.86. The predicted molar refractivity (Wildman–Crippen MR) is 104 cm³/mol. The van der Waals surface area contributed by atoms with Crippen LogP contribution >= 0.6 is 0 Å². The van der Waals surface area contributed by atoms with Crippen molar-refractivity contribution in [2.45, 2.75) is 32.2 Å². The lowest BCUT2D eigenvalue weighted by atomic mass is 9.77. The molecule has 0 spiro atoms. The summed E-state index contributed by atoms with van der Waals surface area (Å²) in [6.07, 6.45) is 2.10. The largest absolute Gasteiger partial charge is 0.497 e. The van der Waals surface area contributed by atoms with E-state index >= 15 is 0 Å². The number of hydrogen-bond donors (Lipinski definition) is 0. The number of carbonyl (C=O) groups excluding carboxylic acids is 1. The topological polar surface area (TPSA) is 85.0 Å². The number of rotatable bonds is 4. The number of amides is 1. The highest BCUT2D eigenvalue weighted by Gasteiger charge is 2.43. The fourth-order valence-electron chi connectivity index (χ4n) is 4.11. The molecule has 1 amide bonds. The van der Waals surface area contributed by atoms with E-state index in [0.29, 0.717) is 6.42 Å². The maximum Gasteiger partial charge on any atom is 0.269 e. The molecule has 2 atom stereocenters. The molecule has 0 bridgehead atoms. The molecule has 7 nitrogen and oxygen atoms in total. The summed E-state index contributed by atoms with van der Waals surface area (Å²) < 4.78 is 5.37. The number of benzene rings is 2. The molecule has 0 aromatic heterocycles. The van der Waals surface area contributed by atoms with E-state index in [1.54, 1.807) is 24.3 Å². The third-order valence-electron chi connectivity index (χ3n) is 5.53. The van der Waals surface area contributed by atoms with Gasteiger partial charge in [-0.15, -0.1) is 0 Å². The van der Waals surface area contributed by atoms with Gasteiger partial charge < -0.3 is 4.74 Å². The van der Waals surface area contributed by atoms with Gasteiger partial charge in [0.1, 0.15) is 5.75 Å². The van der Waals surface area contributed by atoms with Crippen molar-refractivity contribution in [2.24, 2.45) is 11.0 Å². The average Bonchev–Trinajstić information content (AvgIpc) is 3.12. The van der Waals surface area contributed by atoms with Gasteiger partial charge in [-0.05, 0) is 36.1 Å². The van der Waals surface area contributed by atoms with Gasteiger partial charge in [-0.2, -0.15) is 5.10 Å². The van der Waals surface area contributed by atoms with E-state index in [9.17, 15) is 14.9 Å². The summed E-state index contributed by atoms with van der Waals surface area (Å²) in [6.45, 7) is 1.81. The number of non-ortho nitro benzene ring substituents is 1. The summed E-state index contributed by atoms with van der Waals surface area (Å²) in [5.41, 5.74) is 4.01. The zero-order valence-corrected chi connectivity index (χ0v) is 15.8. The number of nitro benzene ring substituents is 1. The Morgan fingerprint density at radius 1 is 1.29 bits per heavy atom. The average molecular weight is 379 g/mol. The fraction of sp³-hybridized carbons (Fsp3) is 0.333. The van der Waals surface area contributed by atoms with E-state index in [0.717, 1.165) is 35.4 Å². The second kappa shape index (κ2) is 7.07. The van der Waals surface area contributed by atoms with Crippen molar-refractivity contribution in [3.63, 3.8) is 0 Å². The SMILES string of the molecule is CCC(=O)N1N=C2c3cc(OC)ccc3CC[C@@H]2[C@@H]1c1ccc([N+](=O)[O-])cc1. The minimum absolute atomic E-state index is 0.0370. The molecule has 0 N–H and O–H groups in total. The summed E-state index contributed by atoms with van der Waals surface area (Å²) in [5, 5.41) is 17.3. The first-order valence-corrected chi connectivity index (χ1v) is 9.35. The number of methoxy groups -OCH3 is 1. The summed E-state index contributed by atoms with van der Waals surface area (Å²) in [5.74, 6) is 0.750. The summed E-state index contributed by atoms with van der Waals surface area (Å²) in [4.78, 5) is 23.2. The van der Waals surface area contributed by atoms with Crippen LogP contribution in [0, 0.1) is 16.0 Å². The molecule has 28 heavy (non-hydrogen) atoms. The van der Waals surface area contributed by atoms with E-state index in [4.69, 9.17) is 9.84 Å². The molecule has 0 saturated heterocycles. The Hall–Kier alpha value is -3.22. The van der Waals surface area contributed by atoms with Crippen LogP contribution in [0.25, 0.3) is 0 Å². The van der Waals surface area contributed by atoms with Crippen molar-refractivity contribution in [2.75, 3.05) is 7.11 Å². The first-order valence-electron chi connectivity index (χ1n) is 9.35. The smallest absolute Gasteiger partial charge is 0.269 e. The molecular weight excluding hydrogens is 358 g/mol. The van der Waals surface area contributed by atoms with Gasteiger partial charge in [0.05, 0.1) is 23.8 Å². The Kier molecular flexibility index (Phi) is 4.58. The zero-order chi connectivity index (χ0) is 19.8. The fourth-order valence-corrected chi connectivity index (χ4v) is 4.11. The van der Waals surface area contributed by atoms with Crippen LogP contribution in [0.5, 0.6) is 5.75 Å². The molecule has 4 rings (SSSR count). The van der Waals surface area contributed by atoms with Gasteiger partial charge in [0.25, 0.3) is 5.69 Å². The maximum atomic E-state index is 12.6. The molecule has 2 aromatic rings. The van der Waals surface area contributed by atoms with Crippen molar-refractivity contribution in [3.05, 3.63) is 69.3 Å². The quantitative estimate of drug-likeness (QED) is 0.596. The molecule has 0 radical (unpaired) electrons. The molecule has 2 aliphatic rings. The Balaban J connectivity index is 1.77. The van der Waals surface area contributed by atoms with Gasteiger partial charge in [0, 0.05) is 30.0 Å². The van der Waals surface area contributed by atoms with Gasteiger partial charge in [0.15, 0.2) is 0 Å². The summed E-state index contributed by atoms with van der Waals surface area (Å²) >= 11 is 0. The number of nitrogens with zero attached hydrogens (tertiary/aromatic N) is 3. The normalized spacial score (nSPS) is 20.2. The minimum Gasteiger partial charge on any atom is -0.497 e. The first-order chi connectivity index (χ1) is 13.5.